The summed E-state index contributed by atoms with van der Waals surface area (Å²) in [5, 5.41) is 8.36. The molecule has 0 saturated carbocycles. The SMILES string of the molecule is CN(CCC#N)Cc1ccc[nH]1. The lowest BCUT2D eigenvalue weighted by atomic mass is 10.3. The first-order chi connectivity index (χ1) is 5.83. The lowest BCUT2D eigenvalue weighted by Crippen LogP contribution is -2.18. The van der Waals surface area contributed by atoms with Crippen molar-refractivity contribution in [1.82, 2.24) is 9.88 Å². The van der Waals surface area contributed by atoms with Crippen LogP contribution in [-0.4, -0.2) is 23.5 Å². The van der Waals surface area contributed by atoms with Crippen molar-refractivity contribution in [3.63, 3.8) is 0 Å². The second-order valence-electron chi connectivity index (χ2n) is 2.84. The predicted octanol–water partition coefficient (Wildman–Crippen LogP) is 1.36. The fraction of sp³-hybridized carbons (Fsp3) is 0.444. The van der Waals surface area contributed by atoms with E-state index >= 15 is 0 Å². The first kappa shape index (κ1) is 8.82. The van der Waals surface area contributed by atoms with Gasteiger partial charge in [0.05, 0.1) is 6.07 Å². The van der Waals surface area contributed by atoms with Gasteiger partial charge in [0.15, 0.2) is 0 Å². The van der Waals surface area contributed by atoms with Crippen LogP contribution < -0.4 is 0 Å². The van der Waals surface area contributed by atoms with Crippen LogP contribution in [-0.2, 0) is 6.54 Å². The number of hydrogen-bond acceptors (Lipinski definition) is 2. The van der Waals surface area contributed by atoms with Gasteiger partial charge in [-0.3, -0.25) is 4.90 Å². The zero-order valence-electron chi connectivity index (χ0n) is 7.25. The van der Waals surface area contributed by atoms with Gasteiger partial charge in [0.25, 0.3) is 0 Å². The minimum atomic E-state index is 0.594. The molecular formula is C9H13N3. The third-order valence-corrected chi connectivity index (χ3v) is 1.71. The smallest absolute Gasteiger partial charge is 0.0635 e. The Morgan fingerprint density at radius 3 is 3.08 bits per heavy atom. The maximum Gasteiger partial charge on any atom is 0.0635 e. The topological polar surface area (TPSA) is 42.8 Å². The van der Waals surface area contributed by atoms with Crippen molar-refractivity contribution in [2.75, 3.05) is 13.6 Å². The van der Waals surface area contributed by atoms with E-state index in [0.29, 0.717) is 6.42 Å². The standard InChI is InChI=1S/C9H13N3/c1-12(7-3-5-10)8-9-4-2-6-11-9/h2,4,6,11H,3,7-8H2,1H3. The van der Waals surface area contributed by atoms with Crippen LogP contribution >= 0.6 is 0 Å². The lowest BCUT2D eigenvalue weighted by molar-refractivity contribution is 0.331. The molecule has 3 heteroatoms. The van der Waals surface area contributed by atoms with E-state index in [1.807, 2.05) is 25.4 Å². The van der Waals surface area contributed by atoms with Gasteiger partial charge in [-0.15, -0.1) is 0 Å². The van der Waals surface area contributed by atoms with Crippen molar-refractivity contribution in [2.24, 2.45) is 0 Å². The van der Waals surface area contributed by atoms with Crippen molar-refractivity contribution in [2.45, 2.75) is 13.0 Å². The van der Waals surface area contributed by atoms with Crippen LogP contribution in [0.2, 0.25) is 0 Å². The largest absolute Gasteiger partial charge is 0.364 e. The highest BCUT2D eigenvalue weighted by Gasteiger charge is 1.98. The van der Waals surface area contributed by atoms with Gasteiger partial charge >= 0.3 is 0 Å². The zero-order valence-corrected chi connectivity index (χ0v) is 7.25. The molecule has 1 aromatic heterocycles. The normalized spacial score (nSPS) is 10.1. The maximum absolute atomic E-state index is 8.36. The molecule has 0 radical (unpaired) electrons. The number of hydrogen-bond donors (Lipinski definition) is 1. The highest BCUT2D eigenvalue weighted by Crippen LogP contribution is 1.99. The van der Waals surface area contributed by atoms with E-state index in [1.165, 1.54) is 5.69 Å². The van der Waals surface area contributed by atoms with Crippen molar-refractivity contribution in [1.29, 1.82) is 5.26 Å². The summed E-state index contributed by atoms with van der Waals surface area (Å²) >= 11 is 0. The number of aromatic amines is 1. The molecule has 0 spiro atoms. The number of aromatic nitrogens is 1. The first-order valence-corrected chi connectivity index (χ1v) is 4.00. The molecule has 0 aromatic carbocycles. The molecule has 1 heterocycles. The third-order valence-electron chi connectivity index (χ3n) is 1.71. The molecule has 0 aliphatic heterocycles. The molecule has 12 heavy (non-hydrogen) atoms. The van der Waals surface area contributed by atoms with E-state index in [2.05, 4.69) is 16.0 Å². The predicted molar refractivity (Wildman–Crippen MR) is 47.4 cm³/mol. The summed E-state index contributed by atoms with van der Waals surface area (Å²) in [7, 11) is 2.01. The van der Waals surface area contributed by atoms with Gasteiger partial charge < -0.3 is 4.98 Å². The molecule has 3 nitrogen and oxygen atoms in total. The average Bonchev–Trinajstić information content (AvgIpc) is 2.53. The molecule has 0 fully saturated rings. The Hall–Kier alpha value is -1.27. The number of rotatable bonds is 4. The molecule has 0 aliphatic rings. The van der Waals surface area contributed by atoms with E-state index < -0.39 is 0 Å². The number of nitriles is 1. The van der Waals surface area contributed by atoms with Crippen LogP contribution in [0, 0.1) is 11.3 Å². The summed E-state index contributed by atoms with van der Waals surface area (Å²) in [4.78, 5) is 5.24. The second-order valence-corrected chi connectivity index (χ2v) is 2.84. The Bertz CT molecular complexity index is 245. The molecular weight excluding hydrogens is 150 g/mol. The van der Waals surface area contributed by atoms with Crippen LogP contribution in [0.4, 0.5) is 0 Å². The Kier molecular flexibility index (Phi) is 3.36. The average molecular weight is 163 g/mol. The van der Waals surface area contributed by atoms with E-state index in [9.17, 15) is 0 Å². The van der Waals surface area contributed by atoms with Gasteiger partial charge in [-0.05, 0) is 19.2 Å². The van der Waals surface area contributed by atoms with Crippen molar-refractivity contribution in [3.8, 4) is 6.07 Å². The highest BCUT2D eigenvalue weighted by atomic mass is 15.1. The summed E-state index contributed by atoms with van der Waals surface area (Å²) in [6.45, 7) is 1.71. The van der Waals surface area contributed by atoms with Crippen LogP contribution in [0.5, 0.6) is 0 Å². The second kappa shape index (κ2) is 4.58. The van der Waals surface area contributed by atoms with Gasteiger partial charge in [0.2, 0.25) is 0 Å². The maximum atomic E-state index is 8.36. The molecule has 1 rings (SSSR count). The fourth-order valence-corrected chi connectivity index (χ4v) is 1.08. The molecule has 0 unspecified atom stereocenters. The van der Waals surface area contributed by atoms with Crippen LogP contribution in [0.25, 0.3) is 0 Å². The number of nitrogens with zero attached hydrogens (tertiary/aromatic N) is 2. The molecule has 64 valence electrons. The van der Waals surface area contributed by atoms with Gasteiger partial charge in [-0.2, -0.15) is 5.26 Å². The molecule has 0 saturated heterocycles. The third kappa shape index (κ3) is 2.77. The van der Waals surface area contributed by atoms with Crippen molar-refractivity contribution in [3.05, 3.63) is 24.0 Å². The van der Waals surface area contributed by atoms with Gasteiger partial charge in [0.1, 0.15) is 0 Å². The van der Waals surface area contributed by atoms with Gasteiger partial charge in [-0.25, -0.2) is 0 Å². The minimum absolute atomic E-state index is 0.594. The minimum Gasteiger partial charge on any atom is -0.364 e. The Morgan fingerprint density at radius 1 is 1.67 bits per heavy atom. The summed E-state index contributed by atoms with van der Waals surface area (Å²) in [6, 6.07) is 6.15. The Morgan fingerprint density at radius 2 is 2.50 bits per heavy atom. The van der Waals surface area contributed by atoms with Crippen LogP contribution in [0.15, 0.2) is 18.3 Å². The quantitative estimate of drug-likeness (QED) is 0.728. The summed E-state index contributed by atoms with van der Waals surface area (Å²) < 4.78 is 0. The summed E-state index contributed by atoms with van der Waals surface area (Å²) in [5.74, 6) is 0. The zero-order chi connectivity index (χ0) is 8.81. The van der Waals surface area contributed by atoms with Gasteiger partial charge in [0, 0.05) is 31.4 Å². The highest BCUT2D eigenvalue weighted by molar-refractivity contribution is 5.03. The van der Waals surface area contributed by atoms with Gasteiger partial charge in [-0.1, -0.05) is 0 Å². The Balaban J connectivity index is 2.28. The molecule has 1 aromatic rings. The van der Waals surface area contributed by atoms with Crippen LogP contribution in [0.3, 0.4) is 0 Å². The Labute approximate surface area is 72.6 Å². The fourth-order valence-electron chi connectivity index (χ4n) is 1.08. The van der Waals surface area contributed by atoms with E-state index in [1.54, 1.807) is 0 Å². The van der Waals surface area contributed by atoms with E-state index in [-0.39, 0.29) is 0 Å². The molecule has 0 bridgehead atoms. The van der Waals surface area contributed by atoms with Crippen LogP contribution in [0.1, 0.15) is 12.1 Å². The number of H-pyrrole nitrogens is 1. The first-order valence-electron chi connectivity index (χ1n) is 4.00. The lowest BCUT2D eigenvalue weighted by Gasteiger charge is -2.12. The van der Waals surface area contributed by atoms with E-state index in [4.69, 9.17) is 5.26 Å². The van der Waals surface area contributed by atoms with Crippen molar-refractivity contribution >= 4 is 0 Å². The molecule has 0 aliphatic carbocycles. The monoisotopic (exact) mass is 163 g/mol. The molecule has 0 atom stereocenters. The molecule has 0 amide bonds. The van der Waals surface area contributed by atoms with Crippen molar-refractivity contribution < 1.29 is 0 Å². The summed E-state index contributed by atoms with van der Waals surface area (Å²) in [5.41, 5.74) is 1.19. The number of nitrogens with one attached hydrogen (secondary N) is 1. The van der Waals surface area contributed by atoms with E-state index in [0.717, 1.165) is 13.1 Å². The summed E-state index contributed by atoms with van der Waals surface area (Å²) in [6.07, 6.45) is 2.50. The molecule has 1 N–H and O–H groups in total.